The van der Waals surface area contributed by atoms with Crippen LogP contribution >= 0.6 is 54.5 Å². The summed E-state index contributed by atoms with van der Waals surface area (Å²) in [5, 5.41) is 19.8. The molecule has 0 aliphatic rings. The minimum atomic E-state index is 0.0598. The number of hydrogen-bond acceptors (Lipinski definition) is 4. The Kier molecular flexibility index (Phi) is 11.2. The van der Waals surface area contributed by atoms with Gasteiger partial charge in [-0.3, -0.25) is 0 Å². The van der Waals surface area contributed by atoms with Gasteiger partial charge in [0.05, 0.1) is 7.57 Å². The third kappa shape index (κ3) is 8.23. The van der Waals surface area contributed by atoms with Crippen LogP contribution in [0.3, 0.4) is 0 Å². The lowest BCUT2D eigenvalue weighted by molar-refractivity contribution is 0.306. The molecule has 0 bridgehead atoms. The molecule has 2 heterocycles. The lowest BCUT2D eigenvalue weighted by Gasteiger charge is -2.22. The summed E-state index contributed by atoms with van der Waals surface area (Å²) in [7, 11) is 0. The number of hydrogen-bond donors (Lipinski definition) is 0. The molecule has 0 spiro atoms. The molecule has 0 saturated carbocycles. The van der Waals surface area contributed by atoms with Crippen molar-refractivity contribution < 1.29 is 9.47 Å². The second-order valence-electron chi connectivity index (χ2n) is 22.7. The summed E-state index contributed by atoms with van der Waals surface area (Å²) in [6.07, 6.45) is 0. The van der Waals surface area contributed by atoms with E-state index < -0.39 is 0 Å². The highest BCUT2D eigenvalue weighted by Gasteiger charge is 2.23. The van der Waals surface area contributed by atoms with E-state index in [2.05, 4.69) is 255 Å². The lowest BCUT2D eigenvalue weighted by Crippen LogP contribution is -2.10. The minimum Gasteiger partial charge on any atom is -0.489 e. The fraction of sp³-hybridized carbons (Fsp3) is 0.143. The SMILES string of the molecule is CC(C)(C)c1cc2ccc3cc(OCc4ccc5cc(-c6ccc(Br)s6)ccc5c4-c4c(COc5cc6ccc7cc(C(C)(C)C)cc8ccc(c5)c6c78)ccc5cc(-c6ccc(Br)s6)ccc45)cc4ccc(c1)c2c34. The normalized spacial score (nSPS) is 12.6. The number of rotatable bonds is 9. The van der Waals surface area contributed by atoms with Crippen LogP contribution in [0.1, 0.15) is 63.8 Å². The van der Waals surface area contributed by atoms with Gasteiger partial charge in [-0.2, -0.15) is 0 Å². The second kappa shape index (κ2) is 17.9. The Balaban J connectivity index is 0.908. The predicted octanol–water partition coefficient (Wildman–Crippen LogP) is 22.2. The van der Waals surface area contributed by atoms with E-state index in [1.165, 1.54) is 118 Å². The van der Waals surface area contributed by atoms with Crippen LogP contribution in [-0.2, 0) is 24.0 Å². The molecular weight excluding hydrogens is 1100 g/mol. The second-order valence-corrected chi connectivity index (χ2v) is 27.6. The summed E-state index contributed by atoms with van der Waals surface area (Å²) in [6.45, 7) is 14.5. The topological polar surface area (TPSA) is 18.5 Å². The Bertz CT molecular complexity index is 4210. The molecule has 14 aromatic rings. The molecule has 0 saturated heterocycles. The summed E-state index contributed by atoms with van der Waals surface area (Å²) in [4.78, 5) is 2.45. The van der Waals surface area contributed by atoms with Crippen molar-refractivity contribution in [1.82, 2.24) is 0 Å². The largest absolute Gasteiger partial charge is 0.489 e. The molecule has 0 radical (unpaired) electrons. The first-order valence-corrected chi connectivity index (χ1v) is 29.2. The van der Waals surface area contributed by atoms with E-state index in [-0.39, 0.29) is 10.8 Å². The Hall–Kier alpha value is -6.80. The summed E-state index contributed by atoms with van der Waals surface area (Å²) in [6, 6.07) is 68.2. The quantitative estimate of drug-likeness (QED) is 0.134. The van der Waals surface area contributed by atoms with Crippen molar-refractivity contribution in [2.24, 2.45) is 0 Å². The first-order chi connectivity index (χ1) is 36.7. The van der Waals surface area contributed by atoms with Gasteiger partial charge < -0.3 is 9.47 Å². The summed E-state index contributed by atoms with van der Waals surface area (Å²) in [5.74, 6) is 1.70. The first kappa shape index (κ1) is 47.6. The third-order valence-corrected chi connectivity index (χ3v) is 19.1. The zero-order chi connectivity index (χ0) is 51.8. The predicted molar refractivity (Wildman–Crippen MR) is 335 cm³/mol. The van der Waals surface area contributed by atoms with E-state index in [1.54, 1.807) is 22.7 Å². The van der Waals surface area contributed by atoms with Gasteiger partial charge in [-0.25, -0.2) is 0 Å². The molecule has 76 heavy (non-hydrogen) atoms. The lowest BCUT2D eigenvalue weighted by atomic mass is 9.83. The van der Waals surface area contributed by atoms with Crippen LogP contribution in [-0.4, -0.2) is 0 Å². The molecule has 0 amide bonds. The van der Waals surface area contributed by atoms with Crippen LogP contribution in [0.5, 0.6) is 11.5 Å². The molecule has 6 heteroatoms. The molecular formula is C70H52Br2O2S2. The van der Waals surface area contributed by atoms with E-state index in [1.807, 2.05) is 0 Å². The molecule has 0 atom stereocenters. The van der Waals surface area contributed by atoms with E-state index in [0.717, 1.165) is 41.3 Å². The standard InChI is InChI=1S/C70H52Br2O2S2/c1-69(2,3)53-29-43-9-13-47-33-55(34-48-14-10-44(30-53)63(43)65(47)48)73-37-51-17-7-39-27-41(59-23-25-61(71)75-59)19-21-57(39)67(51)68-52(18-8-40-28-42(20-22-58(40)68)60-24-26-62(72)76-60)38-74-56-35-49-15-11-45-31-54(70(4,5)6)32-46-12-16-50(36-56)66(49)64(45)46/h7-36H,37-38H2,1-6H3. The van der Waals surface area contributed by atoms with Gasteiger partial charge in [0, 0.05) is 9.75 Å². The zero-order valence-corrected chi connectivity index (χ0v) is 47.9. The molecule has 0 fully saturated rings. The highest BCUT2D eigenvalue weighted by Crippen LogP contribution is 2.46. The van der Waals surface area contributed by atoms with E-state index in [4.69, 9.17) is 9.47 Å². The van der Waals surface area contributed by atoms with E-state index >= 15 is 0 Å². The summed E-state index contributed by atoms with van der Waals surface area (Å²) < 4.78 is 16.3. The minimum absolute atomic E-state index is 0.0598. The number of thiophene rings is 2. The molecule has 0 N–H and O–H groups in total. The summed E-state index contributed by atoms with van der Waals surface area (Å²) in [5.41, 5.74) is 9.74. The Labute approximate surface area is 467 Å². The maximum atomic E-state index is 7.05. The van der Waals surface area contributed by atoms with Crippen LogP contribution in [0.4, 0.5) is 0 Å². The molecule has 0 aliphatic carbocycles. The van der Waals surface area contributed by atoms with Crippen molar-refractivity contribution in [3.05, 3.63) is 212 Å². The van der Waals surface area contributed by atoms with Crippen LogP contribution < -0.4 is 9.47 Å². The zero-order valence-electron chi connectivity index (χ0n) is 43.1. The fourth-order valence-electron chi connectivity index (χ4n) is 11.8. The van der Waals surface area contributed by atoms with Crippen molar-refractivity contribution in [2.75, 3.05) is 0 Å². The van der Waals surface area contributed by atoms with Crippen molar-refractivity contribution in [3.8, 4) is 43.5 Å². The molecule has 0 unspecified atom stereocenters. The molecule has 0 aliphatic heterocycles. The number of ether oxygens (including phenoxy) is 2. The molecule has 12 aromatic carbocycles. The Morgan fingerprint density at radius 3 is 0.961 bits per heavy atom. The Morgan fingerprint density at radius 2 is 0.658 bits per heavy atom. The monoisotopic (exact) mass is 1150 g/mol. The Morgan fingerprint density at radius 1 is 0.342 bits per heavy atom. The van der Waals surface area contributed by atoms with Crippen molar-refractivity contribution in [3.63, 3.8) is 0 Å². The van der Waals surface area contributed by atoms with Crippen LogP contribution in [0.15, 0.2) is 190 Å². The number of fused-ring (bicyclic) bond motifs is 2. The van der Waals surface area contributed by atoms with Gasteiger partial charge >= 0.3 is 0 Å². The first-order valence-electron chi connectivity index (χ1n) is 26.0. The highest BCUT2D eigenvalue weighted by atomic mass is 79.9. The van der Waals surface area contributed by atoms with Crippen LogP contribution in [0, 0.1) is 0 Å². The molecule has 14 rings (SSSR count). The van der Waals surface area contributed by atoms with Crippen LogP contribution in [0.2, 0.25) is 0 Å². The highest BCUT2D eigenvalue weighted by molar-refractivity contribution is 9.11. The number of halogens is 2. The summed E-state index contributed by atoms with van der Waals surface area (Å²) >= 11 is 10.9. The van der Waals surface area contributed by atoms with Gasteiger partial charge in [-0.1, -0.05) is 163 Å². The van der Waals surface area contributed by atoms with Gasteiger partial charge in [0.2, 0.25) is 0 Å². The fourth-order valence-corrected chi connectivity index (χ4v) is 14.6. The maximum absolute atomic E-state index is 7.05. The molecule has 370 valence electrons. The van der Waals surface area contributed by atoms with Gasteiger partial charge in [0.1, 0.15) is 24.7 Å². The smallest absolute Gasteiger partial charge is 0.121 e. The van der Waals surface area contributed by atoms with Gasteiger partial charge in [-0.15, -0.1) is 22.7 Å². The van der Waals surface area contributed by atoms with Gasteiger partial charge in [-0.05, 0) is 234 Å². The molecule has 2 nitrogen and oxygen atoms in total. The molecule has 2 aromatic heterocycles. The van der Waals surface area contributed by atoms with Crippen LogP contribution in [0.25, 0.3) is 118 Å². The van der Waals surface area contributed by atoms with Gasteiger partial charge in [0.25, 0.3) is 0 Å². The van der Waals surface area contributed by atoms with Gasteiger partial charge in [0.15, 0.2) is 0 Å². The maximum Gasteiger partial charge on any atom is 0.121 e. The average molecular weight is 1150 g/mol. The van der Waals surface area contributed by atoms with E-state index in [0.29, 0.717) is 13.2 Å². The van der Waals surface area contributed by atoms with Crippen molar-refractivity contribution in [1.29, 1.82) is 0 Å². The van der Waals surface area contributed by atoms with E-state index in [9.17, 15) is 0 Å². The third-order valence-electron chi connectivity index (χ3n) is 15.7. The van der Waals surface area contributed by atoms with Crippen molar-refractivity contribution in [2.45, 2.75) is 65.6 Å². The average Bonchev–Trinajstić information content (AvgIpc) is 4.13. The van der Waals surface area contributed by atoms with Crippen molar-refractivity contribution >= 4 is 141 Å². The number of benzene rings is 12.